The predicted octanol–water partition coefficient (Wildman–Crippen LogP) is 5.65. The minimum atomic E-state index is -0.268. The monoisotopic (exact) mass is 468 g/mol. The van der Waals surface area contributed by atoms with Gasteiger partial charge < -0.3 is 5.32 Å². The molecule has 0 atom stereocenters. The van der Waals surface area contributed by atoms with Gasteiger partial charge in [-0.1, -0.05) is 55.8 Å². The van der Waals surface area contributed by atoms with E-state index in [0.29, 0.717) is 15.9 Å². The second-order valence-electron chi connectivity index (χ2n) is 8.22. The summed E-state index contributed by atoms with van der Waals surface area (Å²) in [5.74, 6) is -0.268. The molecule has 3 heterocycles. The average Bonchev–Trinajstić information content (AvgIpc) is 3.24. The van der Waals surface area contributed by atoms with Crippen LogP contribution in [0.4, 0.5) is 5.69 Å². The molecule has 3 aromatic heterocycles. The highest BCUT2D eigenvalue weighted by atomic mass is 32.1. The van der Waals surface area contributed by atoms with Crippen LogP contribution in [0.3, 0.4) is 0 Å². The Kier molecular flexibility index (Phi) is 6.18. The number of anilines is 1. The molecule has 0 spiro atoms. The van der Waals surface area contributed by atoms with Crippen molar-refractivity contribution in [3.8, 4) is 11.3 Å². The number of benzene rings is 2. The maximum absolute atomic E-state index is 13.1. The minimum Gasteiger partial charge on any atom is -0.325 e. The number of aromatic nitrogens is 3. The van der Waals surface area contributed by atoms with E-state index in [1.54, 1.807) is 0 Å². The van der Waals surface area contributed by atoms with E-state index in [9.17, 15) is 9.59 Å². The molecule has 0 bridgehead atoms. The maximum atomic E-state index is 13.1. The van der Waals surface area contributed by atoms with Crippen molar-refractivity contribution in [2.45, 2.75) is 32.7 Å². The molecule has 170 valence electrons. The van der Waals surface area contributed by atoms with E-state index >= 15 is 0 Å². The highest BCUT2D eigenvalue weighted by molar-refractivity contribution is 7.25. The number of hydrogen-bond acceptors (Lipinski definition) is 5. The van der Waals surface area contributed by atoms with Gasteiger partial charge in [0.1, 0.15) is 16.1 Å². The highest BCUT2D eigenvalue weighted by Gasteiger charge is 2.15. The second kappa shape index (κ2) is 9.57. The summed E-state index contributed by atoms with van der Waals surface area (Å²) in [7, 11) is 0. The third-order valence-corrected chi connectivity index (χ3v) is 6.83. The third kappa shape index (κ3) is 4.47. The Morgan fingerprint density at radius 1 is 1.03 bits per heavy atom. The van der Waals surface area contributed by atoms with Gasteiger partial charge in [-0.3, -0.25) is 14.2 Å². The quantitative estimate of drug-likeness (QED) is 0.335. The van der Waals surface area contributed by atoms with Crippen LogP contribution in [-0.4, -0.2) is 20.4 Å². The molecule has 5 aromatic rings. The standard InChI is InChI=1S/C27H24N4O2S/c1-2-3-7-18-10-12-20(13-11-18)29-23(32)16-31-17-28-24-21-14-15-22(19-8-5-4-6-9-19)30-26(21)34-25(24)27(31)33/h4-6,8-15,17H,2-3,7,16H2,1H3,(H,29,32). The summed E-state index contributed by atoms with van der Waals surface area (Å²) in [6.07, 6.45) is 4.76. The van der Waals surface area contributed by atoms with Gasteiger partial charge in [0.15, 0.2) is 0 Å². The number of carbonyl (C=O) groups excluding carboxylic acids is 1. The van der Waals surface area contributed by atoms with Crippen molar-refractivity contribution >= 4 is 43.4 Å². The first-order valence-electron chi connectivity index (χ1n) is 11.4. The normalized spacial score (nSPS) is 11.2. The van der Waals surface area contributed by atoms with Gasteiger partial charge in [0.2, 0.25) is 5.91 Å². The first-order valence-corrected chi connectivity index (χ1v) is 12.2. The van der Waals surface area contributed by atoms with Crippen LogP contribution in [0.5, 0.6) is 0 Å². The molecule has 1 N–H and O–H groups in total. The van der Waals surface area contributed by atoms with Gasteiger partial charge in [-0.2, -0.15) is 0 Å². The van der Waals surface area contributed by atoms with Crippen LogP contribution < -0.4 is 10.9 Å². The fraction of sp³-hybridized carbons (Fsp3) is 0.185. The number of pyridine rings is 1. The first kappa shape index (κ1) is 22.0. The van der Waals surface area contributed by atoms with Gasteiger partial charge in [0, 0.05) is 16.6 Å². The van der Waals surface area contributed by atoms with E-state index < -0.39 is 0 Å². The predicted molar refractivity (Wildman–Crippen MR) is 138 cm³/mol. The lowest BCUT2D eigenvalue weighted by Crippen LogP contribution is -2.27. The smallest absolute Gasteiger partial charge is 0.271 e. The molecule has 0 fully saturated rings. The van der Waals surface area contributed by atoms with Gasteiger partial charge >= 0.3 is 0 Å². The summed E-state index contributed by atoms with van der Waals surface area (Å²) in [6.45, 7) is 2.07. The number of fused-ring (bicyclic) bond motifs is 3. The van der Waals surface area contributed by atoms with E-state index in [1.807, 2.05) is 66.7 Å². The van der Waals surface area contributed by atoms with E-state index in [0.717, 1.165) is 40.7 Å². The summed E-state index contributed by atoms with van der Waals surface area (Å²) in [5.41, 5.74) is 4.21. The number of unbranched alkanes of at least 4 members (excludes halogenated alkanes) is 1. The molecule has 0 aliphatic carbocycles. The Hall–Kier alpha value is -3.84. The fourth-order valence-electron chi connectivity index (χ4n) is 3.92. The number of aryl methyl sites for hydroxylation is 1. The van der Waals surface area contributed by atoms with Crippen molar-refractivity contribution < 1.29 is 4.79 Å². The van der Waals surface area contributed by atoms with E-state index in [2.05, 4.69) is 17.2 Å². The molecule has 6 nitrogen and oxygen atoms in total. The van der Waals surface area contributed by atoms with Gasteiger partial charge in [-0.25, -0.2) is 9.97 Å². The van der Waals surface area contributed by atoms with Crippen molar-refractivity contribution in [2.75, 3.05) is 5.32 Å². The van der Waals surface area contributed by atoms with E-state index in [4.69, 9.17) is 4.98 Å². The zero-order valence-electron chi connectivity index (χ0n) is 18.8. The number of thiophene rings is 1. The van der Waals surface area contributed by atoms with Crippen molar-refractivity contribution in [1.29, 1.82) is 0 Å². The Balaban J connectivity index is 1.37. The van der Waals surface area contributed by atoms with E-state index in [-0.39, 0.29) is 18.0 Å². The summed E-state index contributed by atoms with van der Waals surface area (Å²) in [6, 6.07) is 21.7. The molecule has 0 radical (unpaired) electrons. The summed E-state index contributed by atoms with van der Waals surface area (Å²) in [5, 5.41) is 3.71. The van der Waals surface area contributed by atoms with Crippen molar-refractivity contribution in [2.24, 2.45) is 0 Å². The summed E-state index contributed by atoms with van der Waals surface area (Å²) >= 11 is 1.31. The van der Waals surface area contributed by atoms with Crippen LogP contribution in [-0.2, 0) is 17.8 Å². The molecule has 0 unspecified atom stereocenters. The lowest BCUT2D eigenvalue weighted by atomic mass is 10.1. The Morgan fingerprint density at radius 3 is 2.59 bits per heavy atom. The van der Waals surface area contributed by atoms with Gasteiger partial charge in [0.25, 0.3) is 5.56 Å². The number of carbonyl (C=O) groups is 1. The molecule has 0 saturated heterocycles. The van der Waals surface area contributed by atoms with Crippen LogP contribution in [0.2, 0.25) is 0 Å². The summed E-state index contributed by atoms with van der Waals surface area (Å²) in [4.78, 5) is 35.7. The lowest BCUT2D eigenvalue weighted by molar-refractivity contribution is -0.116. The van der Waals surface area contributed by atoms with Crippen molar-refractivity contribution in [1.82, 2.24) is 14.5 Å². The first-order chi connectivity index (χ1) is 16.6. The minimum absolute atomic E-state index is 0.101. The van der Waals surface area contributed by atoms with Crippen LogP contribution in [0, 0.1) is 0 Å². The Labute approximate surface area is 200 Å². The lowest BCUT2D eigenvalue weighted by Gasteiger charge is -2.08. The molecule has 1 amide bonds. The van der Waals surface area contributed by atoms with Crippen LogP contribution in [0.15, 0.2) is 77.9 Å². The maximum Gasteiger partial charge on any atom is 0.271 e. The highest BCUT2D eigenvalue weighted by Crippen LogP contribution is 2.31. The fourth-order valence-corrected chi connectivity index (χ4v) is 5.00. The number of amides is 1. The second-order valence-corrected chi connectivity index (χ2v) is 9.22. The number of rotatable bonds is 7. The number of nitrogens with zero attached hydrogens (tertiary/aromatic N) is 3. The molecule has 34 heavy (non-hydrogen) atoms. The van der Waals surface area contributed by atoms with Crippen LogP contribution in [0.1, 0.15) is 25.3 Å². The topological polar surface area (TPSA) is 76.9 Å². The number of hydrogen-bond donors (Lipinski definition) is 1. The third-order valence-electron chi connectivity index (χ3n) is 5.75. The van der Waals surface area contributed by atoms with Crippen molar-refractivity contribution in [3.63, 3.8) is 0 Å². The van der Waals surface area contributed by atoms with Gasteiger partial charge in [-0.05, 0) is 42.7 Å². The Bertz CT molecular complexity index is 1520. The molecule has 0 aliphatic rings. The molecule has 2 aromatic carbocycles. The van der Waals surface area contributed by atoms with E-state index in [1.165, 1.54) is 27.8 Å². The number of nitrogens with one attached hydrogen (secondary N) is 1. The van der Waals surface area contributed by atoms with Crippen LogP contribution in [0.25, 0.3) is 31.7 Å². The molecule has 0 saturated carbocycles. The van der Waals surface area contributed by atoms with Crippen molar-refractivity contribution in [3.05, 3.63) is 89.0 Å². The molecular weight excluding hydrogens is 444 g/mol. The van der Waals surface area contributed by atoms with Gasteiger partial charge in [0.05, 0.1) is 17.5 Å². The van der Waals surface area contributed by atoms with Gasteiger partial charge in [-0.15, -0.1) is 11.3 Å². The largest absolute Gasteiger partial charge is 0.325 e. The average molecular weight is 469 g/mol. The molecule has 7 heteroatoms. The zero-order valence-corrected chi connectivity index (χ0v) is 19.6. The Morgan fingerprint density at radius 2 is 1.82 bits per heavy atom. The van der Waals surface area contributed by atoms with Crippen LogP contribution >= 0.6 is 11.3 Å². The molecular formula is C27H24N4O2S. The zero-order chi connectivity index (χ0) is 23.5. The summed E-state index contributed by atoms with van der Waals surface area (Å²) < 4.78 is 1.85. The molecule has 0 aliphatic heterocycles. The molecule has 5 rings (SSSR count). The SMILES string of the molecule is CCCCc1ccc(NC(=O)Cn2cnc3c(sc4nc(-c5ccccc5)ccc43)c2=O)cc1.